The minimum absolute atomic E-state index is 0.317. The average molecular weight is 122 g/mol. The van der Waals surface area contributed by atoms with Crippen molar-refractivity contribution < 1.29 is 4.79 Å². The van der Waals surface area contributed by atoms with E-state index in [1.54, 1.807) is 6.08 Å². The Bertz CT molecular complexity index is 211. The lowest BCUT2D eigenvalue weighted by Crippen LogP contribution is -2.20. The molecule has 3 nitrogen and oxygen atoms in total. The van der Waals surface area contributed by atoms with Gasteiger partial charge in [0.2, 0.25) is 5.91 Å². The highest BCUT2D eigenvalue weighted by molar-refractivity contribution is 5.83. The van der Waals surface area contributed by atoms with Crippen molar-refractivity contribution in [1.29, 1.82) is 0 Å². The summed E-state index contributed by atoms with van der Waals surface area (Å²) in [5.41, 5.74) is 4.96. The van der Waals surface area contributed by atoms with Crippen molar-refractivity contribution >= 4 is 11.8 Å². The van der Waals surface area contributed by atoms with Crippen LogP contribution in [0.15, 0.2) is 23.3 Å². The number of carbonyl (C=O) groups excluding carboxylic acids is 1. The molecule has 0 aliphatic carbocycles. The predicted molar refractivity (Wildman–Crippen MR) is 33.8 cm³/mol. The molecular weight excluding hydrogens is 116 g/mol. The van der Waals surface area contributed by atoms with Crippen LogP contribution in [-0.4, -0.2) is 11.8 Å². The minimum atomic E-state index is -0.367. The minimum Gasteiger partial charge on any atom is -0.369 e. The van der Waals surface area contributed by atoms with Gasteiger partial charge in [0, 0.05) is 6.20 Å². The van der Waals surface area contributed by atoms with Gasteiger partial charge in [-0.1, -0.05) is 0 Å². The Balaban J connectivity index is 2.76. The standard InChI is InChI=1S/C6H6N2O/c7-6(9)5-1-3-8-4-2-5/h1-3,5H,(H2,7,9). The van der Waals surface area contributed by atoms with Gasteiger partial charge in [-0.3, -0.25) is 4.79 Å². The fourth-order valence-corrected chi connectivity index (χ4v) is 0.535. The van der Waals surface area contributed by atoms with Crippen LogP contribution in [0.2, 0.25) is 0 Å². The molecule has 1 rings (SSSR count). The van der Waals surface area contributed by atoms with Gasteiger partial charge in [-0.05, 0) is 18.0 Å². The van der Waals surface area contributed by atoms with Gasteiger partial charge in [0.25, 0.3) is 0 Å². The molecule has 1 heterocycles. The van der Waals surface area contributed by atoms with E-state index in [9.17, 15) is 4.79 Å². The molecule has 0 radical (unpaired) electrons. The van der Waals surface area contributed by atoms with Crippen LogP contribution in [-0.2, 0) is 4.79 Å². The maximum Gasteiger partial charge on any atom is 0.228 e. The quantitative estimate of drug-likeness (QED) is 0.516. The van der Waals surface area contributed by atoms with Gasteiger partial charge in [-0.15, -0.1) is 0 Å². The number of nitrogens with zero attached hydrogens (tertiary/aromatic N) is 1. The molecule has 0 saturated heterocycles. The summed E-state index contributed by atoms with van der Waals surface area (Å²) in [6.07, 6.45) is 4.66. The van der Waals surface area contributed by atoms with Crippen molar-refractivity contribution in [3.8, 4) is 0 Å². The molecule has 2 N–H and O–H groups in total. The summed E-state index contributed by atoms with van der Waals surface area (Å²) in [4.78, 5) is 14.0. The molecule has 0 aromatic heterocycles. The first kappa shape index (κ1) is 5.79. The van der Waals surface area contributed by atoms with E-state index in [0.29, 0.717) is 0 Å². The topological polar surface area (TPSA) is 55.5 Å². The Morgan fingerprint density at radius 3 is 2.89 bits per heavy atom. The van der Waals surface area contributed by atoms with Crippen molar-refractivity contribution in [2.45, 2.75) is 0 Å². The first-order valence-electron chi connectivity index (χ1n) is 2.55. The molecule has 1 aliphatic rings. The third-order valence-corrected chi connectivity index (χ3v) is 1.03. The molecule has 0 aromatic rings. The second-order valence-electron chi connectivity index (χ2n) is 1.69. The SMILES string of the molecule is NC(=O)C1C=C=NC=C1. The zero-order valence-electron chi connectivity index (χ0n) is 4.74. The third-order valence-electron chi connectivity index (χ3n) is 1.03. The number of hydrogen-bond donors (Lipinski definition) is 1. The third kappa shape index (κ3) is 1.27. The fraction of sp³-hybridized carbons (Fsp3) is 0.167. The van der Waals surface area contributed by atoms with E-state index in [2.05, 4.69) is 10.9 Å². The Hall–Kier alpha value is -1.34. The summed E-state index contributed by atoms with van der Waals surface area (Å²) in [7, 11) is 0. The Morgan fingerprint density at radius 1 is 1.78 bits per heavy atom. The summed E-state index contributed by atoms with van der Waals surface area (Å²) in [6.45, 7) is 0. The molecule has 0 spiro atoms. The van der Waals surface area contributed by atoms with Gasteiger partial charge < -0.3 is 5.73 Å². The maximum atomic E-state index is 10.4. The first-order valence-corrected chi connectivity index (χ1v) is 2.55. The number of primary amides is 1. The van der Waals surface area contributed by atoms with E-state index in [4.69, 9.17) is 5.73 Å². The largest absolute Gasteiger partial charge is 0.369 e. The molecule has 1 atom stereocenters. The number of amides is 1. The zero-order valence-corrected chi connectivity index (χ0v) is 4.74. The van der Waals surface area contributed by atoms with Crippen LogP contribution in [0.5, 0.6) is 0 Å². The normalized spacial score (nSPS) is 22.4. The van der Waals surface area contributed by atoms with Crippen LogP contribution in [0.4, 0.5) is 0 Å². The molecule has 1 aliphatic heterocycles. The van der Waals surface area contributed by atoms with Gasteiger partial charge in [0.15, 0.2) is 0 Å². The van der Waals surface area contributed by atoms with E-state index in [-0.39, 0.29) is 11.8 Å². The van der Waals surface area contributed by atoms with Crippen LogP contribution in [0.25, 0.3) is 0 Å². The van der Waals surface area contributed by atoms with E-state index < -0.39 is 0 Å². The molecule has 1 unspecified atom stereocenters. The molecule has 0 aromatic carbocycles. The van der Waals surface area contributed by atoms with E-state index in [1.807, 2.05) is 0 Å². The maximum absolute atomic E-state index is 10.4. The van der Waals surface area contributed by atoms with E-state index >= 15 is 0 Å². The van der Waals surface area contributed by atoms with E-state index in [0.717, 1.165) is 0 Å². The summed E-state index contributed by atoms with van der Waals surface area (Å²) in [5.74, 6) is 1.84. The predicted octanol–water partition coefficient (Wildman–Crippen LogP) is -0.159. The number of aliphatic imine (C=N–C) groups is 1. The van der Waals surface area contributed by atoms with Crippen molar-refractivity contribution in [2.75, 3.05) is 0 Å². The molecule has 1 amide bonds. The number of hydrogen-bond acceptors (Lipinski definition) is 2. The van der Waals surface area contributed by atoms with Crippen LogP contribution >= 0.6 is 0 Å². The summed E-state index contributed by atoms with van der Waals surface area (Å²) >= 11 is 0. The van der Waals surface area contributed by atoms with Crippen LogP contribution in [0.1, 0.15) is 0 Å². The number of nitrogens with two attached hydrogens (primary N) is 1. The Kier molecular flexibility index (Phi) is 1.47. The van der Waals surface area contributed by atoms with Gasteiger partial charge in [-0.2, -0.15) is 0 Å². The average Bonchev–Trinajstić information content (AvgIpc) is 1.90. The second-order valence-corrected chi connectivity index (χ2v) is 1.69. The van der Waals surface area contributed by atoms with Crippen LogP contribution < -0.4 is 5.73 Å². The lowest BCUT2D eigenvalue weighted by Gasteiger charge is -1.99. The molecule has 3 heteroatoms. The van der Waals surface area contributed by atoms with Gasteiger partial charge >= 0.3 is 0 Å². The van der Waals surface area contributed by atoms with Gasteiger partial charge in [0.05, 0.1) is 5.92 Å². The summed E-state index contributed by atoms with van der Waals surface area (Å²) in [6, 6.07) is 0. The second kappa shape index (κ2) is 2.29. The molecule has 0 saturated carbocycles. The van der Waals surface area contributed by atoms with Gasteiger partial charge in [0.1, 0.15) is 0 Å². The molecule has 0 fully saturated rings. The summed E-state index contributed by atoms with van der Waals surface area (Å²) < 4.78 is 0. The molecular formula is C6H6N2O. The monoisotopic (exact) mass is 122 g/mol. The van der Waals surface area contributed by atoms with Crippen molar-refractivity contribution in [2.24, 2.45) is 16.6 Å². The Morgan fingerprint density at radius 2 is 2.56 bits per heavy atom. The van der Waals surface area contributed by atoms with Crippen molar-refractivity contribution in [3.05, 3.63) is 18.4 Å². The van der Waals surface area contributed by atoms with Crippen LogP contribution in [0, 0.1) is 5.92 Å². The molecule has 46 valence electrons. The van der Waals surface area contributed by atoms with Crippen LogP contribution in [0.3, 0.4) is 0 Å². The number of rotatable bonds is 1. The van der Waals surface area contributed by atoms with Crippen molar-refractivity contribution in [1.82, 2.24) is 0 Å². The smallest absolute Gasteiger partial charge is 0.228 e. The molecule has 0 bridgehead atoms. The zero-order chi connectivity index (χ0) is 6.69. The Labute approximate surface area is 52.6 Å². The fourth-order valence-electron chi connectivity index (χ4n) is 0.535. The summed E-state index contributed by atoms with van der Waals surface area (Å²) in [5, 5.41) is 0. The lowest BCUT2D eigenvalue weighted by molar-refractivity contribution is -0.119. The van der Waals surface area contributed by atoms with Crippen molar-refractivity contribution in [3.63, 3.8) is 0 Å². The first-order chi connectivity index (χ1) is 4.30. The molecule has 9 heavy (non-hydrogen) atoms. The van der Waals surface area contributed by atoms with E-state index in [1.165, 1.54) is 12.3 Å². The highest BCUT2D eigenvalue weighted by Gasteiger charge is 2.07. The van der Waals surface area contributed by atoms with Gasteiger partial charge in [-0.25, -0.2) is 4.99 Å². The highest BCUT2D eigenvalue weighted by Crippen LogP contribution is 2.00. The highest BCUT2D eigenvalue weighted by atomic mass is 16.1. The lowest BCUT2D eigenvalue weighted by atomic mass is 10.1. The number of carbonyl (C=O) groups is 1.